The maximum atomic E-state index is 12.7. The summed E-state index contributed by atoms with van der Waals surface area (Å²) in [6.45, 7) is 1.25. The molecule has 3 rings (SSSR count). The Morgan fingerprint density at radius 2 is 1.96 bits per heavy atom. The van der Waals surface area contributed by atoms with Crippen LogP contribution in [0.4, 0.5) is 0 Å². The summed E-state index contributed by atoms with van der Waals surface area (Å²) in [4.78, 5) is 50.7. The van der Waals surface area contributed by atoms with Gasteiger partial charge in [0.2, 0.25) is 5.91 Å². The van der Waals surface area contributed by atoms with Crippen molar-refractivity contribution in [2.45, 2.75) is 25.4 Å². The van der Waals surface area contributed by atoms with Gasteiger partial charge in [-0.2, -0.15) is 0 Å². The standard InChI is InChI=1S/C19H16N2O5S2/c1-11(18(25)26)20-15(22)10-13(16(20)23)21-17(24)14(28-19(21)27)9-5-8-12-6-3-2-4-7-12/h2-9,11,13H,10H2,1H3,(H,25,26)/b8-5+,14-9-. The van der Waals surface area contributed by atoms with Crippen LogP contribution in [0.3, 0.4) is 0 Å². The lowest BCUT2D eigenvalue weighted by molar-refractivity contribution is -0.154. The van der Waals surface area contributed by atoms with Gasteiger partial charge in [-0.3, -0.25) is 24.2 Å². The molecule has 2 aliphatic rings. The van der Waals surface area contributed by atoms with Crippen LogP contribution in [-0.2, 0) is 19.2 Å². The minimum absolute atomic E-state index is 0.167. The number of rotatable bonds is 5. The second kappa shape index (κ2) is 8.07. The normalized spacial score (nSPS) is 22.8. The molecule has 7 nitrogen and oxygen atoms in total. The smallest absolute Gasteiger partial charge is 0.326 e. The van der Waals surface area contributed by atoms with E-state index in [2.05, 4.69) is 0 Å². The Bertz CT molecular complexity index is 926. The largest absolute Gasteiger partial charge is 0.480 e. The molecular weight excluding hydrogens is 400 g/mol. The summed E-state index contributed by atoms with van der Waals surface area (Å²) >= 11 is 6.27. The first-order valence-electron chi connectivity index (χ1n) is 8.38. The Hall–Kier alpha value is -2.78. The van der Waals surface area contributed by atoms with Gasteiger partial charge in [-0.25, -0.2) is 4.79 Å². The molecule has 0 spiro atoms. The first-order chi connectivity index (χ1) is 13.3. The number of carbonyl (C=O) groups excluding carboxylic acids is 3. The SMILES string of the molecule is CC(C(=O)O)N1C(=O)CC(N2C(=O)/C(=C/C=C/c3ccccc3)SC2=S)C1=O. The van der Waals surface area contributed by atoms with Crippen molar-refractivity contribution in [3.8, 4) is 0 Å². The number of hydrogen-bond donors (Lipinski definition) is 1. The molecule has 2 aliphatic heterocycles. The second-order valence-corrected chi connectivity index (χ2v) is 7.86. The van der Waals surface area contributed by atoms with Crippen LogP contribution in [-0.4, -0.2) is 55.0 Å². The van der Waals surface area contributed by atoms with Gasteiger partial charge >= 0.3 is 5.97 Å². The van der Waals surface area contributed by atoms with Gasteiger partial charge in [0, 0.05) is 0 Å². The van der Waals surface area contributed by atoms with Gasteiger partial charge < -0.3 is 5.11 Å². The van der Waals surface area contributed by atoms with Crippen LogP contribution in [0.15, 0.2) is 47.4 Å². The molecule has 1 aromatic rings. The minimum Gasteiger partial charge on any atom is -0.480 e. The molecule has 144 valence electrons. The Kier molecular flexibility index (Phi) is 5.76. The fourth-order valence-corrected chi connectivity index (χ4v) is 4.24. The summed E-state index contributed by atoms with van der Waals surface area (Å²) in [7, 11) is 0. The van der Waals surface area contributed by atoms with Crippen molar-refractivity contribution in [1.29, 1.82) is 0 Å². The number of hydrogen-bond acceptors (Lipinski definition) is 6. The number of nitrogens with zero attached hydrogens (tertiary/aromatic N) is 2. The Labute approximate surface area is 170 Å². The van der Waals surface area contributed by atoms with Crippen molar-refractivity contribution < 1.29 is 24.3 Å². The lowest BCUT2D eigenvalue weighted by Crippen LogP contribution is -2.48. The maximum absolute atomic E-state index is 12.7. The van der Waals surface area contributed by atoms with Crippen molar-refractivity contribution in [3.05, 3.63) is 53.0 Å². The summed E-state index contributed by atoms with van der Waals surface area (Å²) in [6.07, 6.45) is 4.86. The van der Waals surface area contributed by atoms with E-state index in [0.29, 0.717) is 9.81 Å². The van der Waals surface area contributed by atoms with Crippen LogP contribution in [0.1, 0.15) is 18.9 Å². The van der Waals surface area contributed by atoms with E-state index in [1.807, 2.05) is 36.4 Å². The van der Waals surface area contributed by atoms with Crippen LogP contribution in [0.5, 0.6) is 0 Å². The molecule has 2 atom stereocenters. The average Bonchev–Trinajstić information content (AvgIpc) is 3.10. The van der Waals surface area contributed by atoms with E-state index in [9.17, 15) is 19.2 Å². The van der Waals surface area contributed by atoms with E-state index in [1.165, 1.54) is 6.92 Å². The Morgan fingerprint density at radius 1 is 1.29 bits per heavy atom. The number of amides is 3. The zero-order chi connectivity index (χ0) is 20.4. The van der Waals surface area contributed by atoms with E-state index < -0.39 is 35.8 Å². The maximum Gasteiger partial charge on any atom is 0.326 e. The second-order valence-electron chi connectivity index (χ2n) is 6.18. The van der Waals surface area contributed by atoms with Crippen molar-refractivity contribution in [3.63, 3.8) is 0 Å². The summed E-state index contributed by atoms with van der Waals surface area (Å²) < 4.78 is 0.167. The highest BCUT2D eigenvalue weighted by molar-refractivity contribution is 8.26. The predicted octanol–water partition coefficient (Wildman–Crippen LogP) is 2.04. The van der Waals surface area contributed by atoms with Crippen molar-refractivity contribution in [2.24, 2.45) is 0 Å². The van der Waals surface area contributed by atoms with E-state index in [4.69, 9.17) is 17.3 Å². The molecule has 0 aromatic heterocycles. The number of carbonyl (C=O) groups is 4. The molecule has 2 unspecified atom stereocenters. The number of imide groups is 1. The third-order valence-corrected chi connectivity index (χ3v) is 5.72. The molecule has 2 saturated heterocycles. The van der Waals surface area contributed by atoms with E-state index in [-0.39, 0.29) is 10.7 Å². The molecular formula is C19H16N2O5S2. The van der Waals surface area contributed by atoms with Gasteiger partial charge in [0.15, 0.2) is 0 Å². The van der Waals surface area contributed by atoms with E-state index in [1.54, 1.807) is 12.2 Å². The quantitative estimate of drug-likeness (QED) is 0.446. The number of thioether (sulfide) groups is 1. The lowest BCUT2D eigenvalue weighted by atomic mass is 10.2. The summed E-state index contributed by atoms with van der Waals surface area (Å²) in [5.41, 5.74) is 0.962. The molecule has 28 heavy (non-hydrogen) atoms. The molecule has 1 aromatic carbocycles. The summed E-state index contributed by atoms with van der Waals surface area (Å²) in [5.74, 6) is -3.12. The van der Waals surface area contributed by atoms with Gasteiger partial charge in [0.1, 0.15) is 16.4 Å². The highest BCUT2D eigenvalue weighted by Crippen LogP contribution is 2.35. The third kappa shape index (κ3) is 3.76. The van der Waals surface area contributed by atoms with Crippen molar-refractivity contribution in [1.82, 2.24) is 9.80 Å². The summed E-state index contributed by atoms with van der Waals surface area (Å²) in [6, 6.07) is 7.11. The fourth-order valence-electron chi connectivity index (χ4n) is 2.93. The molecule has 1 N–H and O–H groups in total. The highest BCUT2D eigenvalue weighted by atomic mass is 32.2. The zero-order valence-electron chi connectivity index (χ0n) is 14.8. The Morgan fingerprint density at radius 3 is 2.61 bits per heavy atom. The minimum atomic E-state index is -1.30. The predicted molar refractivity (Wildman–Crippen MR) is 108 cm³/mol. The topological polar surface area (TPSA) is 95.0 Å². The molecule has 3 amide bonds. The molecule has 2 fully saturated rings. The van der Waals surface area contributed by atoms with E-state index >= 15 is 0 Å². The Balaban J connectivity index is 1.78. The van der Waals surface area contributed by atoms with Crippen LogP contribution >= 0.6 is 24.0 Å². The van der Waals surface area contributed by atoms with Crippen LogP contribution in [0.2, 0.25) is 0 Å². The number of thiocarbonyl (C=S) groups is 1. The molecule has 0 aliphatic carbocycles. The van der Waals surface area contributed by atoms with Gasteiger partial charge in [0.25, 0.3) is 11.8 Å². The number of benzene rings is 1. The number of allylic oxidation sites excluding steroid dienone is 2. The molecule has 9 heteroatoms. The first kappa shape index (κ1) is 20.0. The monoisotopic (exact) mass is 416 g/mol. The highest BCUT2D eigenvalue weighted by Gasteiger charge is 2.50. The molecule has 0 bridgehead atoms. The van der Waals surface area contributed by atoms with Crippen LogP contribution < -0.4 is 0 Å². The number of aliphatic carboxylic acids is 1. The van der Waals surface area contributed by atoms with Crippen molar-refractivity contribution >= 4 is 58.1 Å². The van der Waals surface area contributed by atoms with Crippen LogP contribution in [0, 0.1) is 0 Å². The van der Waals surface area contributed by atoms with Gasteiger partial charge in [-0.15, -0.1) is 0 Å². The zero-order valence-corrected chi connectivity index (χ0v) is 16.4. The van der Waals surface area contributed by atoms with Crippen LogP contribution in [0.25, 0.3) is 6.08 Å². The fraction of sp³-hybridized carbons (Fsp3) is 0.211. The van der Waals surface area contributed by atoms with Gasteiger partial charge in [-0.05, 0) is 18.6 Å². The number of carboxylic acid groups (broad SMARTS) is 1. The van der Waals surface area contributed by atoms with E-state index in [0.717, 1.165) is 22.2 Å². The summed E-state index contributed by atoms with van der Waals surface area (Å²) in [5, 5.41) is 9.09. The number of likely N-dealkylation sites (tertiary alicyclic amines) is 1. The third-order valence-electron chi connectivity index (χ3n) is 4.37. The average molecular weight is 416 g/mol. The molecule has 0 radical (unpaired) electrons. The van der Waals surface area contributed by atoms with Gasteiger partial charge in [0.05, 0.1) is 11.3 Å². The molecule has 2 heterocycles. The first-order valence-corrected chi connectivity index (χ1v) is 9.61. The molecule has 0 saturated carbocycles. The lowest BCUT2D eigenvalue weighted by Gasteiger charge is -2.23. The van der Waals surface area contributed by atoms with Crippen molar-refractivity contribution in [2.75, 3.05) is 0 Å². The number of carboxylic acids is 1. The van der Waals surface area contributed by atoms with Gasteiger partial charge in [-0.1, -0.05) is 66.5 Å².